The summed E-state index contributed by atoms with van der Waals surface area (Å²) in [6.45, 7) is -4.46. The summed E-state index contributed by atoms with van der Waals surface area (Å²) in [7, 11) is 1.21. The molecule has 514 valence electrons. The molecular formula is C47H87NO38S. The summed E-state index contributed by atoms with van der Waals surface area (Å²) in [4.78, 5) is 0. The van der Waals surface area contributed by atoms with Gasteiger partial charge in [-0.2, -0.15) is 12.6 Å². The maximum Gasteiger partial charge on any atom is 0.187 e. The van der Waals surface area contributed by atoms with Crippen molar-refractivity contribution in [2.75, 3.05) is 78.9 Å². The molecule has 0 amide bonds. The van der Waals surface area contributed by atoms with Crippen LogP contribution >= 0.6 is 12.6 Å². The van der Waals surface area contributed by atoms with Crippen LogP contribution in [0, 0.1) is 0 Å². The molecule has 7 rings (SSSR count). The molecule has 40 heteroatoms. The van der Waals surface area contributed by atoms with Crippen LogP contribution < -0.4 is 5.73 Å². The summed E-state index contributed by atoms with van der Waals surface area (Å²) in [5.41, 5.74) is 5.33. The van der Waals surface area contributed by atoms with E-state index in [1.807, 2.05) is 0 Å². The highest BCUT2D eigenvalue weighted by atomic mass is 32.1. The van der Waals surface area contributed by atoms with Gasteiger partial charge in [0.2, 0.25) is 0 Å². The fourth-order valence-corrected chi connectivity index (χ4v) is 10.1. The first-order valence-electron chi connectivity index (χ1n) is 27.4. The average molecular weight is 1310 g/mol. The molecule has 7 aliphatic heterocycles. The highest BCUT2D eigenvalue weighted by molar-refractivity contribution is 7.80. The number of nitrogens with two attached hydrogens (primary N) is 1. The Bertz CT molecular complexity index is 1840. The lowest BCUT2D eigenvalue weighted by molar-refractivity contribution is -0.379. The lowest BCUT2D eigenvalue weighted by atomic mass is 9.96. The molecule has 0 bridgehead atoms. The number of thiol groups is 1. The van der Waals surface area contributed by atoms with Crippen molar-refractivity contribution in [2.45, 2.75) is 215 Å². The zero-order valence-corrected chi connectivity index (χ0v) is 47.4. The Morgan fingerprint density at radius 1 is 0.287 bits per heavy atom. The molecule has 35 atom stereocenters. The van der Waals surface area contributed by atoms with E-state index in [1.54, 1.807) is 0 Å². The molecule has 7 aliphatic rings. The third kappa shape index (κ3) is 18.2. The van der Waals surface area contributed by atoms with Gasteiger partial charge in [-0.1, -0.05) is 0 Å². The summed E-state index contributed by atoms with van der Waals surface area (Å²) in [5, 5.41) is 238. The summed E-state index contributed by atoms with van der Waals surface area (Å²) in [6, 6.07) is 0. The topological polar surface area (TPSA) is 641 Å². The summed E-state index contributed by atoms with van der Waals surface area (Å²) >= 11 is 3.97. The summed E-state index contributed by atoms with van der Waals surface area (Å²) < 4.78 is 74.1. The van der Waals surface area contributed by atoms with Gasteiger partial charge < -0.3 is 195 Å². The third-order valence-electron chi connectivity index (χ3n) is 15.0. The minimum Gasteiger partial charge on any atom is -0.394 e. The Balaban J connectivity index is 0.000000242. The van der Waals surface area contributed by atoms with Gasteiger partial charge in [0.15, 0.2) is 44.0 Å². The Labute approximate surface area is 500 Å². The zero-order valence-electron chi connectivity index (χ0n) is 46.5. The molecule has 0 spiro atoms. The smallest absolute Gasteiger partial charge is 0.187 e. The molecule has 14 unspecified atom stereocenters. The molecule has 0 radical (unpaired) electrons. The van der Waals surface area contributed by atoms with E-state index in [4.69, 9.17) is 72.0 Å². The fourth-order valence-electron chi connectivity index (χ4n) is 9.96. The van der Waals surface area contributed by atoms with Gasteiger partial charge in [-0.15, -0.1) is 0 Å². The van der Waals surface area contributed by atoms with E-state index in [-0.39, 0.29) is 19.8 Å². The first-order chi connectivity index (χ1) is 41.3. The Morgan fingerprint density at radius 3 is 0.839 bits per heavy atom. The molecule has 0 aromatic heterocycles. The fraction of sp³-hybridized carbons (Fsp3) is 1.00. The largest absolute Gasteiger partial charge is 0.394 e. The van der Waals surface area contributed by atoms with Crippen LogP contribution in [0.4, 0.5) is 0 Å². The van der Waals surface area contributed by atoms with Crippen molar-refractivity contribution in [1.29, 1.82) is 0 Å². The molecular weight excluding hydrogens is 1220 g/mol. The predicted molar refractivity (Wildman–Crippen MR) is 274 cm³/mol. The number of methoxy groups -OCH3 is 1. The van der Waals surface area contributed by atoms with E-state index < -0.39 is 261 Å². The highest BCUT2D eigenvalue weighted by Crippen LogP contribution is 2.35. The number of hydrogen-bond acceptors (Lipinski definition) is 40. The monoisotopic (exact) mass is 1310 g/mol. The normalized spacial score (nSPS) is 48.8. The number of ether oxygens (including phenoxy) is 14. The number of aliphatic hydroxyl groups is 24. The molecule has 87 heavy (non-hydrogen) atoms. The molecule has 0 aromatic carbocycles. The molecule has 0 aliphatic carbocycles. The standard InChI is InChI=1S/C19H34O16.C14H27NO11.C14H26O11S/c1-30-17-13(28)11(26)15(7(4-22)33-17)34-19-14(29)16(9(24)6(3-21)32-19)35-18-12(27)10(25)8(23)5(2-20)31-18;15-1-2-23-13-11(22)12(8(19)6(4-17)24-13)26-14-10(21)9(20)7(18)5(3-16)25-14;15-3-5-7(17)9(19)10(20)14(24-5)25-12-8(18)6(4-16)23-13(11(12)21)22-1-2-26/h5-29H,2-4H2,1H3;5-14,16-22H,1-4,15H2;5-21,26H,1-4H2/t5?,6?,7?,8-,9-,10-,11+,12?,13?,14?,15+,16-,17+,18+,19-;2*5?,6?,7-,8-,9-,10?,11?,12-,13+,14+/m000/s1. The second-order valence-corrected chi connectivity index (χ2v) is 21.3. The van der Waals surface area contributed by atoms with Crippen LogP contribution in [-0.4, -0.2) is 416 Å². The zero-order chi connectivity index (χ0) is 64.9. The van der Waals surface area contributed by atoms with E-state index in [2.05, 4.69) is 12.6 Å². The number of rotatable bonds is 22. The summed E-state index contributed by atoms with van der Waals surface area (Å²) in [6.07, 6.45) is -53.3. The van der Waals surface area contributed by atoms with Gasteiger partial charge in [-0.25, -0.2) is 0 Å². The Hall–Kier alpha value is -1.21. The van der Waals surface area contributed by atoms with Gasteiger partial charge in [0, 0.05) is 19.4 Å². The van der Waals surface area contributed by atoms with Crippen LogP contribution in [0.3, 0.4) is 0 Å². The van der Waals surface area contributed by atoms with E-state index >= 15 is 0 Å². The summed E-state index contributed by atoms with van der Waals surface area (Å²) in [5.74, 6) is 0.331. The van der Waals surface area contributed by atoms with Crippen LogP contribution in [0.15, 0.2) is 0 Å². The third-order valence-corrected chi connectivity index (χ3v) is 15.2. The molecule has 7 fully saturated rings. The van der Waals surface area contributed by atoms with Crippen molar-refractivity contribution in [3.63, 3.8) is 0 Å². The minimum atomic E-state index is -1.87. The maximum atomic E-state index is 10.8. The van der Waals surface area contributed by atoms with Crippen LogP contribution in [-0.2, 0) is 66.3 Å². The van der Waals surface area contributed by atoms with Crippen molar-refractivity contribution < 1.29 is 189 Å². The molecule has 39 nitrogen and oxygen atoms in total. The van der Waals surface area contributed by atoms with Gasteiger partial charge in [0.25, 0.3) is 0 Å². The number of aliphatic hydroxyl groups excluding tert-OH is 24. The van der Waals surface area contributed by atoms with Gasteiger partial charge in [-0.3, -0.25) is 0 Å². The van der Waals surface area contributed by atoms with E-state index in [0.29, 0.717) is 5.75 Å². The van der Waals surface area contributed by atoms with Crippen LogP contribution in [0.5, 0.6) is 0 Å². The molecule has 7 saturated heterocycles. The average Bonchev–Trinajstić information content (AvgIpc) is 1.05. The first kappa shape index (κ1) is 76.5. The van der Waals surface area contributed by atoms with Crippen molar-refractivity contribution in [3.05, 3.63) is 0 Å². The second-order valence-electron chi connectivity index (χ2n) is 20.8. The lowest BCUT2D eigenvalue weighted by Gasteiger charge is -2.48. The second kappa shape index (κ2) is 35.9. The minimum absolute atomic E-state index is 0.0305. The Morgan fingerprint density at radius 2 is 0.540 bits per heavy atom. The van der Waals surface area contributed by atoms with Crippen molar-refractivity contribution >= 4 is 12.6 Å². The van der Waals surface area contributed by atoms with Gasteiger partial charge in [0.05, 0.1) is 59.5 Å². The van der Waals surface area contributed by atoms with Crippen molar-refractivity contribution in [3.8, 4) is 0 Å². The molecule has 7 heterocycles. The van der Waals surface area contributed by atoms with E-state index in [1.165, 1.54) is 7.11 Å². The van der Waals surface area contributed by atoms with Crippen molar-refractivity contribution in [2.24, 2.45) is 5.73 Å². The van der Waals surface area contributed by atoms with Gasteiger partial charge >= 0.3 is 0 Å². The van der Waals surface area contributed by atoms with Crippen LogP contribution in [0.1, 0.15) is 0 Å². The van der Waals surface area contributed by atoms with Gasteiger partial charge in [-0.05, 0) is 0 Å². The number of hydrogen-bond donors (Lipinski definition) is 26. The highest BCUT2D eigenvalue weighted by Gasteiger charge is 2.56. The molecule has 0 aromatic rings. The van der Waals surface area contributed by atoms with Gasteiger partial charge in [0.1, 0.15) is 171 Å². The predicted octanol–water partition coefficient (Wildman–Crippen LogP) is -16.8. The van der Waals surface area contributed by atoms with E-state index in [9.17, 15) is 123 Å². The molecule has 0 saturated carbocycles. The van der Waals surface area contributed by atoms with E-state index in [0.717, 1.165) is 0 Å². The quantitative estimate of drug-likeness (QED) is 0.0448. The molecule has 26 N–H and O–H groups in total. The van der Waals surface area contributed by atoms with Crippen LogP contribution in [0.25, 0.3) is 0 Å². The maximum absolute atomic E-state index is 10.8. The SMILES string of the molecule is CO[C@@H]1OC(CO)[C@@H](O[C@@H]2OC(CO)[C@H](O)[C@H](O[C@H]3OC(CO)[C@H](O)[C@H](O)C3O)C2O)[C@H](O)C1O.NCCO[C@@H]1OC(CO)[C@H](O)[C@H](O[C@H]2OC(CO)[C@H](O)[C@H](O)C2O)C1O.OCC1O[C@H](O[C@@H]2C(O)[C@H](OCCS)OC(CO)[C@@H]2O)C(O)[C@@H](O)[C@H]1O. The Kier molecular flexibility index (Phi) is 31.6. The van der Waals surface area contributed by atoms with Crippen LogP contribution in [0.2, 0.25) is 0 Å². The lowest BCUT2D eigenvalue weighted by Crippen LogP contribution is -2.66. The first-order valence-corrected chi connectivity index (χ1v) is 28.0. The van der Waals surface area contributed by atoms with Crippen molar-refractivity contribution in [1.82, 2.24) is 0 Å².